The first-order valence-corrected chi connectivity index (χ1v) is 12.7. The van der Waals surface area contributed by atoms with Crippen LogP contribution in [0.1, 0.15) is 11.1 Å². The molecule has 2 heterocycles. The maximum atomic E-state index is 15.9. The van der Waals surface area contributed by atoms with Crippen LogP contribution < -0.4 is 0 Å². The highest BCUT2D eigenvalue weighted by atomic mass is 19.3. The Kier molecular flexibility index (Phi) is 5.37. The molecule has 3 nitrogen and oxygen atoms in total. The average molecular weight is 510 g/mol. The molecule has 0 saturated carbocycles. The monoisotopic (exact) mass is 509 g/mol. The quantitative estimate of drug-likeness (QED) is 0.239. The van der Waals surface area contributed by atoms with Crippen molar-refractivity contribution in [2.75, 3.05) is 0 Å². The number of aromatic nitrogens is 3. The highest BCUT2D eigenvalue weighted by Gasteiger charge is 2.44. The number of pyridine rings is 1. The van der Waals surface area contributed by atoms with Crippen LogP contribution in [-0.4, -0.2) is 15.0 Å². The number of rotatable bonds is 4. The Balaban J connectivity index is 1.36. The molecule has 4 aromatic carbocycles. The van der Waals surface area contributed by atoms with Crippen LogP contribution in [0, 0.1) is 0 Å². The summed E-state index contributed by atoms with van der Waals surface area (Å²) < 4.78 is 31.9. The molecule has 0 spiro atoms. The zero-order chi connectivity index (χ0) is 26.4. The van der Waals surface area contributed by atoms with Gasteiger partial charge in [0.2, 0.25) is 0 Å². The van der Waals surface area contributed by atoms with Crippen LogP contribution in [0.25, 0.3) is 56.3 Å². The fourth-order valence-electron chi connectivity index (χ4n) is 5.14. The van der Waals surface area contributed by atoms with Crippen LogP contribution in [0.4, 0.5) is 8.78 Å². The molecular weight excluding hydrogens is 488 g/mol. The predicted molar refractivity (Wildman–Crippen MR) is 150 cm³/mol. The van der Waals surface area contributed by atoms with Crippen molar-refractivity contribution in [1.29, 1.82) is 0 Å². The molecule has 2 aromatic heterocycles. The summed E-state index contributed by atoms with van der Waals surface area (Å²) in [6.07, 6.45) is 1.66. The third-order valence-corrected chi connectivity index (χ3v) is 7.09. The van der Waals surface area contributed by atoms with Crippen LogP contribution in [0.3, 0.4) is 0 Å². The summed E-state index contributed by atoms with van der Waals surface area (Å²) >= 11 is 0. The first kappa shape index (κ1) is 23.1. The van der Waals surface area contributed by atoms with Gasteiger partial charge in [0, 0.05) is 39.6 Å². The molecule has 0 aliphatic heterocycles. The van der Waals surface area contributed by atoms with Crippen molar-refractivity contribution >= 4 is 0 Å². The Morgan fingerprint density at radius 1 is 0.462 bits per heavy atom. The lowest BCUT2D eigenvalue weighted by Crippen LogP contribution is -2.11. The molecule has 0 saturated heterocycles. The Labute approximate surface area is 224 Å². The SMILES string of the molecule is FC1(F)c2cc(-c3ccccn3)ccc2-c2ccc(-c3nc(-c4ccccc4)cc(-c4ccccc4)n3)cc21. The Morgan fingerprint density at radius 3 is 1.56 bits per heavy atom. The molecule has 39 heavy (non-hydrogen) atoms. The molecule has 186 valence electrons. The maximum absolute atomic E-state index is 15.9. The highest BCUT2D eigenvalue weighted by molar-refractivity contribution is 5.84. The number of fused-ring (bicyclic) bond motifs is 3. The molecule has 0 radical (unpaired) electrons. The van der Waals surface area contributed by atoms with Gasteiger partial charge in [0.05, 0.1) is 17.1 Å². The van der Waals surface area contributed by atoms with Crippen LogP contribution >= 0.6 is 0 Å². The standard InChI is InChI=1S/C34H21F2N3/c35-34(36)28-19-24(30-13-7-8-18-37-30)14-16-26(28)27-17-15-25(20-29(27)34)33-38-31(22-9-3-1-4-10-22)21-32(39-33)23-11-5-2-6-12-23/h1-21H. The number of benzene rings is 4. The maximum Gasteiger partial charge on any atom is 0.299 e. The molecule has 1 aliphatic carbocycles. The van der Waals surface area contributed by atoms with E-state index >= 15 is 8.78 Å². The van der Waals surface area contributed by atoms with Crippen LogP contribution in [-0.2, 0) is 5.92 Å². The van der Waals surface area contributed by atoms with Gasteiger partial charge in [-0.25, -0.2) is 9.97 Å². The molecule has 0 unspecified atom stereocenters. The fraction of sp³-hybridized carbons (Fsp3) is 0.0294. The van der Waals surface area contributed by atoms with Crippen molar-refractivity contribution in [3.8, 4) is 56.3 Å². The van der Waals surface area contributed by atoms with Crippen molar-refractivity contribution in [3.05, 3.63) is 139 Å². The van der Waals surface area contributed by atoms with Crippen molar-refractivity contribution in [2.24, 2.45) is 0 Å². The van der Waals surface area contributed by atoms with Gasteiger partial charge < -0.3 is 0 Å². The zero-order valence-corrected chi connectivity index (χ0v) is 20.7. The second-order valence-corrected chi connectivity index (χ2v) is 9.50. The molecule has 7 rings (SSSR count). The number of hydrogen-bond donors (Lipinski definition) is 0. The molecular formula is C34H21F2N3. The number of nitrogens with zero attached hydrogens (tertiary/aromatic N) is 3. The summed E-state index contributed by atoms with van der Waals surface area (Å²) in [7, 11) is 0. The molecule has 0 N–H and O–H groups in total. The second-order valence-electron chi connectivity index (χ2n) is 9.50. The van der Waals surface area contributed by atoms with Crippen molar-refractivity contribution in [3.63, 3.8) is 0 Å². The lowest BCUT2D eigenvalue weighted by molar-refractivity contribution is 0.0481. The minimum Gasteiger partial charge on any atom is -0.256 e. The van der Waals surface area contributed by atoms with Gasteiger partial charge in [-0.3, -0.25) is 4.98 Å². The number of alkyl halides is 2. The summed E-state index contributed by atoms with van der Waals surface area (Å²) in [4.78, 5) is 14.0. The first-order chi connectivity index (χ1) is 19.1. The van der Waals surface area contributed by atoms with E-state index in [1.165, 1.54) is 6.07 Å². The van der Waals surface area contributed by atoms with Gasteiger partial charge in [0.1, 0.15) is 0 Å². The number of halogens is 2. The number of hydrogen-bond acceptors (Lipinski definition) is 3. The molecule has 0 amide bonds. The minimum atomic E-state index is -3.16. The summed E-state index contributed by atoms with van der Waals surface area (Å²) in [5.74, 6) is -2.76. The van der Waals surface area contributed by atoms with Gasteiger partial charge in [-0.05, 0) is 41.5 Å². The summed E-state index contributed by atoms with van der Waals surface area (Å²) in [5, 5.41) is 0. The van der Waals surface area contributed by atoms with E-state index in [9.17, 15) is 0 Å². The van der Waals surface area contributed by atoms with Gasteiger partial charge in [0.15, 0.2) is 5.82 Å². The highest BCUT2D eigenvalue weighted by Crippen LogP contribution is 2.52. The summed E-state index contributed by atoms with van der Waals surface area (Å²) in [6.45, 7) is 0. The van der Waals surface area contributed by atoms with E-state index in [2.05, 4.69) is 4.98 Å². The van der Waals surface area contributed by atoms with Crippen molar-refractivity contribution in [2.45, 2.75) is 5.92 Å². The lowest BCUT2D eigenvalue weighted by Gasteiger charge is -2.14. The molecule has 6 aromatic rings. The molecule has 0 bridgehead atoms. The zero-order valence-electron chi connectivity index (χ0n) is 20.7. The minimum absolute atomic E-state index is 0.0123. The van der Waals surface area contributed by atoms with E-state index < -0.39 is 5.92 Å². The Bertz CT molecular complexity index is 1760. The van der Waals surface area contributed by atoms with Crippen LogP contribution in [0.2, 0.25) is 0 Å². The topological polar surface area (TPSA) is 38.7 Å². The predicted octanol–water partition coefficient (Wildman–Crippen LogP) is 8.66. The normalized spacial score (nSPS) is 13.1. The molecule has 0 fully saturated rings. The van der Waals surface area contributed by atoms with Gasteiger partial charge in [-0.2, -0.15) is 8.78 Å². The third kappa shape index (κ3) is 3.99. The molecule has 1 aliphatic rings. The van der Waals surface area contributed by atoms with E-state index in [1.54, 1.807) is 30.5 Å². The van der Waals surface area contributed by atoms with Crippen LogP contribution in [0.15, 0.2) is 128 Å². The smallest absolute Gasteiger partial charge is 0.256 e. The summed E-state index contributed by atoms with van der Waals surface area (Å²) in [5.41, 5.74) is 6.19. The largest absolute Gasteiger partial charge is 0.299 e. The fourth-order valence-corrected chi connectivity index (χ4v) is 5.14. The first-order valence-electron chi connectivity index (χ1n) is 12.7. The van der Waals surface area contributed by atoms with Crippen molar-refractivity contribution < 1.29 is 8.78 Å². The van der Waals surface area contributed by atoms with E-state index in [1.807, 2.05) is 91.0 Å². The Hall–Kier alpha value is -5.03. The van der Waals surface area contributed by atoms with E-state index in [0.29, 0.717) is 33.8 Å². The van der Waals surface area contributed by atoms with Gasteiger partial charge in [-0.1, -0.05) is 91.0 Å². The second kappa shape index (κ2) is 9.07. The lowest BCUT2D eigenvalue weighted by atomic mass is 10.0. The van der Waals surface area contributed by atoms with Gasteiger partial charge >= 0.3 is 0 Å². The average Bonchev–Trinajstić information content (AvgIpc) is 3.23. The third-order valence-electron chi connectivity index (χ3n) is 7.09. The van der Waals surface area contributed by atoms with Gasteiger partial charge in [-0.15, -0.1) is 0 Å². The molecule has 5 heteroatoms. The van der Waals surface area contributed by atoms with Crippen molar-refractivity contribution in [1.82, 2.24) is 15.0 Å². The van der Waals surface area contributed by atoms with E-state index in [-0.39, 0.29) is 11.1 Å². The van der Waals surface area contributed by atoms with Gasteiger partial charge in [0.25, 0.3) is 5.92 Å². The Morgan fingerprint density at radius 2 is 1.00 bits per heavy atom. The van der Waals surface area contributed by atoms with E-state index in [4.69, 9.17) is 9.97 Å². The van der Waals surface area contributed by atoms with E-state index in [0.717, 1.165) is 22.5 Å². The molecule has 0 atom stereocenters. The van der Waals surface area contributed by atoms with Crippen LogP contribution in [0.5, 0.6) is 0 Å². The summed E-state index contributed by atoms with van der Waals surface area (Å²) in [6, 6.07) is 37.3.